The number of urea groups is 1. The molecular formula is C11H13N5O. The second kappa shape index (κ2) is 6.12. The Morgan fingerprint density at radius 3 is 3.06 bits per heavy atom. The van der Waals surface area contributed by atoms with Crippen molar-refractivity contribution in [2.75, 3.05) is 11.9 Å². The molecule has 0 radical (unpaired) electrons. The van der Waals surface area contributed by atoms with Gasteiger partial charge in [-0.05, 0) is 18.6 Å². The van der Waals surface area contributed by atoms with Gasteiger partial charge >= 0.3 is 6.03 Å². The minimum Gasteiger partial charge on any atom is -0.351 e. The van der Waals surface area contributed by atoms with Gasteiger partial charge in [0.25, 0.3) is 0 Å². The van der Waals surface area contributed by atoms with Crippen molar-refractivity contribution >= 4 is 17.8 Å². The maximum atomic E-state index is 10.8. The molecule has 0 saturated heterocycles. The molecule has 2 amide bonds. The number of aromatic nitrogens is 1. The number of nitrogens with zero attached hydrogens (tertiary/aromatic N) is 2. The first-order valence-electron chi connectivity index (χ1n) is 4.86. The third-order valence-electron chi connectivity index (χ3n) is 1.82. The Labute approximate surface area is 99.3 Å². The Bertz CT molecular complexity index is 475. The molecule has 1 rings (SSSR count). The highest BCUT2D eigenvalue weighted by molar-refractivity contribution is 6.03. The van der Waals surface area contributed by atoms with Gasteiger partial charge < -0.3 is 11.1 Å². The lowest BCUT2D eigenvalue weighted by molar-refractivity contribution is 0.253. The van der Waals surface area contributed by atoms with Gasteiger partial charge in [-0.25, -0.2) is 14.8 Å². The molecule has 0 saturated carbocycles. The van der Waals surface area contributed by atoms with Crippen LogP contribution in [0.4, 0.5) is 10.6 Å². The van der Waals surface area contributed by atoms with Gasteiger partial charge in [-0.3, -0.25) is 5.32 Å². The van der Waals surface area contributed by atoms with E-state index >= 15 is 0 Å². The van der Waals surface area contributed by atoms with E-state index in [0.717, 1.165) is 5.56 Å². The molecule has 0 atom stereocenters. The molecule has 6 heteroatoms. The molecule has 0 aliphatic carbocycles. The normalized spacial score (nSPS) is 10.5. The van der Waals surface area contributed by atoms with Crippen LogP contribution in [0.1, 0.15) is 5.56 Å². The summed E-state index contributed by atoms with van der Waals surface area (Å²) in [5.74, 6) is 3.09. The fourth-order valence-corrected chi connectivity index (χ4v) is 1.08. The van der Waals surface area contributed by atoms with E-state index in [2.05, 4.69) is 26.5 Å². The molecule has 6 nitrogen and oxygen atoms in total. The SMILES string of the molecule is C#CCN=C(NC(N)=O)Nc1ncccc1C. The number of amides is 2. The van der Waals surface area contributed by atoms with Crippen molar-refractivity contribution in [2.24, 2.45) is 10.7 Å². The zero-order valence-corrected chi connectivity index (χ0v) is 9.40. The zero-order valence-electron chi connectivity index (χ0n) is 9.40. The van der Waals surface area contributed by atoms with Gasteiger partial charge in [0.05, 0.1) is 0 Å². The summed E-state index contributed by atoms with van der Waals surface area (Å²) in [6.45, 7) is 2.01. The molecule has 0 spiro atoms. The first kappa shape index (κ1) is 12.5. The topological polar surface area (TPSA) is 92.4 Å². The fourth-order valence-electron chi connectivity index (χ4n) is 1.08. The Hall–Kier alpha value is -2.55. The second-order valence-electron chi connectivity index (χ2n) is 3.15. The minimum atomic E-state index is -0.721. The van der Waals surface area contributed by atoms with E-state index < -0.39 is 6.03 Å². The van der Waals surface area contributed by atoms with Gasteiger partial charge in [0, 0.05) is 6.20 Å². The number of aryl methyl sites for hydroxylation is 1. The molecule has 88 valence electrons. The Morgan fingerprint density at radius 2 is 2.47 bits per heavy atom. The van der Waals surface area contributed by atoms with E-state index in [1.807, 2.05) is 13.0 Å². The number of hydrogen-bond acceptors (Lipinski definition) is 3. The standard InChI is InChI=1S/C11H13N5O/c1-3-6-14-11(16-10(12)17)15-9-8(2)5-4-7-13-9/h1,4-5,7H,6H2,2H3,(H4,12,13,14,15,16,17). The highest BCUT2D eigenvalue weighted by Crippen LogP contribution is 2.08. The second-order valence-corrected chi connectivity index (χ2v) is 3.15. The summed E-state index contributed by atoms with van der Waals surface area (Å²) in [4.78, 5) is 18.8. The predicted octanol–water partition coefficient (Wildman–Crippen LogP) is 0.459. The summed E-state index contributed by atoms with van der Waals surface area (Å²) in [6, 6.07) is 2.96. The summed E-state index contributed by atoms with van der Waals surface area (Å²) in [7, 11) is 0. The van der Waals surface area contributed by atoms with Gasteiger partial charge in [0.1, 0.15) is 12.4 Å². The first-order valence-corrected chi connectivity index (χ1v) is 4.86. The number of carbonyl (C=O) groups excluding carboxylic acids is 1. The summed E-state index contributed by atoms with van der Waals surface area (Å²) in [5, 5.41) is 5.18. The number of pyridine rings is 1. The van der Waals surface area contributed by atoms with Crippen molar-refractivity contribution in [1.29, 1.82) is 0 Å². The number of guanidine groups is 1. The molecule has 17 heavy (non-hydrogen) atoms. The summed E-state index contributed by atoms with van der Waals surface area (Å²) < 4.78 is 0. The summed E-state index contributed by atoms with van der Waals surface area (Å²) >= 11 is 0. The molecule has 0 aliphatic rings. The minimum absolute atomic E-state index is 0.133. The highest BCUT2D eigenvalue weighted by Gasteiger charge is 2.04. The number of nitrogens with one attached hydrogen (secondary N) is 2. The maximum Gasteiger partial charge on any atom is 0.318 e. The van der Waals surface area contributed by atoms with Crippen LogP contribution in [-0.4, -0.2) is 23.5 Å². The molecule has 1 heterocycles. The quantitative estimate of drug-likeness (QED) is 0.392. The van der Waals surface area contributed by atoms with Gasteiger partial charge in [0.15, 0.2) is 0 Å². The fraction of sp³-hybridized carbons (Fsp3) is 0.182. The van der Waals surface area contributed by atoms with Crippen LogP contribution in [0.15, 0.2) is 23.3 Å². The molecular weight excluding hydrogens is 218 g/mol. The largest absolute Gasteiger partial charge is 0.351 e. The molecule has 0 unspecified atom stereocenters. The average molecular weight is 231 g/mol. The highest BCUT2D eigenvalue weighted by atomic mass is 16.2. The first-order chi connectivity index (χ1) is 8.13. The Kier molecular flexibility index (Phi) is 4.51. The number of aliphatic imine (C=N–C) groups is 1. The Balaban J connectivity index is 2.83. The molecule has 0 fully saturated rings. The van der Waals surface area contributed by atoms with E-state index in [1.165, 1.54) is 0 Å². The third-order valence-corrected chi connectivity index (χ3v) is 1.82. The number of hydrogen-bond donors (Lipinski definition) is 3. The van der Waals surface area contributed by atoms with Crippen molar-refractivity contribution in [2.45, 2.75) is 6.92 Å². The van der Waals surface area contributed by atoms with E-state index in [0.29, 0.717) is 5.82 Å². The van der Waals surface area contributed by atoms with Crippen LogP contribution in [0.2, 0.25) is 0 Å². The van der Waals surface area contributed by atoms with Crippen molar-refractivity contribution in [3.05, 3.63) is 23.9 Å². The zero-order chi connectivity index (χ0) is 12.7. The van der Waals surface area contributed by atoms with E-state index in [-0.39, 0.29) is 12.5 Å². The van der Waals surface area contributed by atoms with Crippen LogP contribution in [-0.2, 0) is 0 Å². The molecule has 0 aromatic carbocycles. The molecule has 4 N–H and O–H groups in total. The Morgan fingerprint density at radius 1 is 1.71 bits per heavy atom. The van der Waals surface area contributed by atoms with Crippen LogP contribution in [0.25, 0.3) is 0 Å². The lowest BCUT2D eigenvalue weighted by atomic mass is 10.3. The van der Waals surface area contributed by atoms with Crippen molar-refractivity contribution in [1.82, 2.24) is 10.3 Å². The average Bonchev–Trinajstić information content (AvgIpc) is 2.28. The molecule has 0 bridgehead atoms. The van der Waals surface area contributed by atoms with E-state index in [4.69, 9.17) is 12.2 Å². The predicted molar refractivity (Wildman–Crippen MR) is 66.5 cm³/mol. The van der Waals surface area contributed by atoms with Crippen molar-refractivity contribution < 1.29 is 4.79 Å². The molecule has 0 aliphatic heterocycles. The van der Waals surface area contributed by atoms with E-state index in [1.54, 1.807) is 12.3 Å². The molecule has 1 aromatic heterocycles. The lowest BCUT2D eigenvalue weighted by Crippen LogP contribution is -2.39. The smallest absolute Gasteiger partial charge is 0.318 e. The third kappa shape index (κ3) is 4.22. The molecule has 1 aromatic rings. The number of primary amides is 1. The van der Waals surface area contributed by atoms with Gasteiger partial charge in [0.2, 0.25) is 5.96 Å². The van der Waals surface area contributed by atoms with Crippen LogP contribution in [0.5, 0.6) is 0 Å². The summed E-state index contributed by atoms with van der Waals surface area (Å²) in [5.41, 5.74) is 5.92. The number of terminal acetylenes is 1. The maximum absolute atomic E-state index is 10.8. The van der Waals surface area contributed by atoms with E-state index in [9.17, 15) is 4.79 Å². The number of rotatable bonds is 2. The number of carbonyl (C=O) groups is 1. The van der Waals surface area contributed by atoms with Crippen LogP contribution in [0, 0.1) is 19.3 Å². The van der Waals surface area contributed by atoms with Gasteiger partial charge in [-0.1, -0.05) is 12.0 Å². The summed E-state index contributed by atoms with van der Waals surface area (Å²) in [6.07, 6.45) is 6.71. The number of anilines is 1. The van der Waals surface area contributed by atoms with Gasteiger partial charge in [-0.15, -0.1) is 6.42 Å². The number of nitrogens with two attached hydrogens (primary N) is 1. The van der Waals surface area contributed by atoms with Crippen molar-refractivity contribution in [3.8, 4) is 12.3 Å². The lowest BCUT2D eigenvalue weighted by Gasteiger charge is -2.10. The monoisotopic (exact) mass is 231 g/mol. The van der Waals surface area contributed by atoms with Crippen molar-refractivity contribution in [3.63, 3.8) is 0 Å². The van der Waals surface area contributed by atoms with Crippen LogP contribution >= 0.6 is 0 Å². The van der Waals surface area contributed by atoms with Crippen LogP contribution < -0.4 is 16.4 Å². The van der Waals surface area contributed by atoms with Crippen LogP contribution in [0.3, 0.4) is 0 Å². The van der Waals surface area contributed by atoms with Gasteiger partial charge in [-0.2, -0.15) is 0 Å².